The highest BCUT2D eigenvalue weighted by molar-refractivity contribution is 5.98. The molecule has 25 heteroatoms. The van der Waals surface area contributed by atoms with Crippen LogP contribution in [0.3, 0.4) is 0 Å². The maximum atomic E-state index is 12.8. The van der Waals surface area contributed by atoms with Crippen LogP contribution in [0.15, 0.2) is 47.5 Å². The lowest BCUT2D eigenvalue weighted by Gasteiger charge is -2.41. The van der Waals surface area contributed by atoms with E-state index in [4.69, 9.17) is 37.9 Å². The molecule has 6 aliphatic rings. The Labute approximate surface area is 439 Å². The van der Waals surface area contributed by atoms with Crippen LogP contribution in [-0.2, 0) is 42.8 Å². The fraction of sp³-hybridized carbons (Fsp3) is 0.627. The number of phenolic OH excluding ortho intramolecular Hbond substituents is 2. The van der Waals surface area contributed by atoms with Crippen molar-refractivity contribution in [1.82, 2.24) is 10.6 Å². The maximum Gasteiger partial charge on any atom is 0.247 e. The molecular weight excluding hydrogens is 1010 g/mol. The van der Waals surface area contributed by atoms with Crippen LogP contribution in [0.5, 0.6) is 23.0 Å². The van der Waals surface area contributed by atoms with Crippen LogP contribution in [0.2, 0.25) is 0 Å². The highest BCUT2D eigenvalue weighted by Gasteiger charge is 2.55. The van der Waals surface area contributed by atoms with Gasteiger partial charge in [-0.25, -0.2) is 0 Å². The summed E-state index contributed by atoms with van der Waals surface area (Å²) in [4.78, 5) is 37.0. The van der Waals surface area contributed by atoms with Crippen molar-refractivity contribution in [2.75, 3.05) is 13.6 Å². The van der Waals surface area contributed by atoms with Crippen molar-refractivity contribution < 1.29 is 114 Å². The van der Waals surface area contributed by atoms with Gasteiger partial charge in [-0.15, -0.1) is 0 Å². The van der Waals surface area contributed by atoms with Gasteiger partial charge in [-0.05, 0) is 73.7 Å². The molecular formula is C51H76N2O23. The Morgan fingerprint density at radius 3 is 1.24 bits per heavy atom. The van der Waals surface area contributed by atoms with Crippen LogP contribution in [0, 0.1) is 5.41 Å². The number of aliphatic hydroxyl groups excluding tert-OH is 10. The highest BCUT2D eigenvalue weighted by Crippen LogP contribution is 2.38. The van der Waals surface area contributed by atoms with Crippen LogP contribution in [0.4, 0.5) is 0 Å². The number of amides is 2. The molecule has 428 valence electrons. The van der Waals surface area contributed by atoms with Gasteiger partial charge in [0.2, 0.25) is 24.4 Å². The van der Waals surface area contributed by atoms with E-state index >= 15 is 0 Å². The largest absolute Gasteiger partial charge is 0.504 e. The third-order valence-corrected chi connectivity index (χ3v) is 13.4. The summed E-state index contributed by atoms with van der Waals surface area (Å²) in [6.45, 7) is 9.47. The molecule has 4 heterocycles. The van der Waals surface area contributed by atoms with Gasteiger partial charge >= 0.3 is 0 Å². The second-order valence-corrected chi connectivity index (χ2v) is 19.8. The molecule has 6 fully saturated rings. The van der Waals surface area contributed by atoms with Crippen LogP contribution in [-0.4, -0.2) is 215 Å². The van der Waals surface area contributed by atoms with Gasteiger partial charge in [-0.2, -0.15) is 0 Å². The summed E-state index contributed by atoms with van der Waals surface area (Å²) in [7, 11) is 0. The lowest BCUT2D eigenvalue weighted by atomic mass is 9.83. The number of benzene rings is 2. The number of ketones is 1. The Balaban J connectivity index is 0.000000316. The van der Waals surface area contributed by atoms with Gasteiger partial charge in [0.15, 0.2) is 28.8 Å². The summed E-state index contributed by atoms with van der Waals surface area (Å²) in [6, 6.07) is 6.04. The molecule has 4 aliphatic heterocycles. The minimum atomic E-state index is -1.51. The summed E-state index contributed by atoms with van der Waals surface area (Å²) < 4.78 is 42.8. The van der Waals surface area contributed by atoms with Crippen molar-refractivity contribution in [2.24, 2.45) is 5.41 Å². The van der Waals surface area contributed by atoms with E-state index < -0.39 is 145 Å². The van der Waals surface area contributed by atoms with E-state index in [0.717, 1.165) is 0 Å². The normalized spacial score (nSPS) is 36.9. The first-order valence-corrected chi connectivity index (χ1v) is 23.3. The second kappa shape index (κ2) is 25.7. The molecule has 25 nitrogen and oxygen atoms in total. The van der Waals surface area contributed by atoms with Gasteiger partial charge in [0.1, 0.15) is 105 Å². The summed E-state index contributed by atoms with van der Waals surface area (Å²) in [5.74, 6) is -2.47. The predicted octanol–water partition coefficient (Wildman–Crippen LogP) is -1.57. The summed E-state index contributed by atoms with van der Waals surface area (Å²) in [5, 5.41) is 129. The van der Waals surface area contributed by atoms with Crippen molar-refractivity contribution in [3.63, 3.8) is 0 Å². The Morgan fingerprint density at radius 1 is 0.526 bits per heavy atom. The van der Waals surface area contributed by atoms with E-state index in [-0.39, 0.29) is 70.0 Å². The van der Waals surface area contributed by atoms with Gasteiger partial charge in [0.05, 0.1) is 18.2 Å². The molecule has 0 spiro atoms. The standard InChI is InChI=1S/C25H35NO11.C23H29NO12.3CH4/c1-10(23(33)26-14-15(28)17(30)21-20(16(14)29)34-9-35-21)7-11-5-6-13(12(27)8-11)36-24-19(32)18(31)22(37-24)25(2,3)4;1-8(22(32)24-13-14(27)16(29)21-20(15(13)28)33-7-34-21)5-10-3-4-12(11(26)6-10)35-23-18(31)17(30)19(36-23)9(2)25;;;/h5-8,14-22,24,27-32H,9H2,1-4H3,(H,26,33);3-6,13-21,23,26-31H,7H2,1-2H3,(H,24,32);3*1H4/b10-7+;8-5+;;;/t14-,15+,16-,17-,18+,19+,20+,21-,22?,24-;13-,14+,15-,16-,17+,18+,19-,20+,21-,23-;;;/m11.../s1. The lowest BCUT2D eigenvalue weighted by Crippen LogP contribution is -2.67. The van der Waals surface area contributed by atoms with Crippen LogP contribution < -0.4 is 20.1 Å². The predicted molar refractivity (Wildman–Crippen MR) is 266 cm³/mol. The Bertz CT molecular complexity index is 2380. The minimum Gasteiger partial charge on any atom is -0.504 e. The van der Waals surface area contributed by atoms with E-state index in [1.165, 1.54) is 63.3 Å². The Morgan fingerprint density at radius 2 is 0.895 bits per heavy atom. The lowest BCUT2D eigenvalue weighted by molar-refractivity contribution is -0.155. The van der Waals surface area contributed by atoms with E-state index in [9.17, 15) is 75.7 Å². The third kappa shape index (κ3) is 13.3. The maximum absolute atomic E-state index is 12.8. The third-order valence-electron chi connectivity index (χ3n) is 13.4. The molecule has 1 unspecified atom stereocenters. The number of aliphatic hydroxyl groups is 10. The number of phenols is 2. The molecule has 0 radical (unpaired) electrons. The molecule has 20 atom stereocenters. The highest BCUT2D eigenvalue weighted by atomic mass is 16.7. The monoisotopic (exact) mass is 1080 g/mol. The fourth-order valence-corrected chi connectivity index (χ4v) is 9.31. The van der Waals surface area contributed by atoms with Gasteiger partial charge in [-0.1, -0.05) is 55.2 Å². The Kier molecular flexibility index (Phi) is 21.5. The summed E-state index contributed by atoms with van der Waals surface area (Å²) in [6.07, 6.45) is -18.9. The average molecular weight is 1090 g/mol. The van der Waals surface area contributed by atoms with Crippen molar-refractivity contribution in [1.29, 1.82) is 0 Å². The Hall–Kier alpha value is -4.91. The molecule has 2 amide bonds. The molecule has 2 aromatic carbocycles. The van der Waals surface area contributed by atoms with Crippen molar-refractivity contribution >= 4 is 29.7 Å². The van der Waals surface area contributed by atoms with E-state index in [2.05, 4.69) is 10.6 Å². The zero-order chi connectivity index (χ0) is 53.5. The number of ether oxygens (including phenoxy) is 8. The van der Waals surface area contributed by atoms with E-state index in [1.54, 1.807) is 6.07 Å². The summed E-state index contributed by atoms with van der Waals surface area (Å²) >= 11 is 0. The number of aromatic hydroxyl groups is 2. The van der Waals surface area contributed by atoms with Crippen LogP contribution in [0.25, 0.3) is 12.2 Å². The van der Waals surface area contributed by atoms with Gasteiger partial charge < -0.3 is 110 Å². The number of fused-ring (bicyclic) bond motifs is 2. The molecule has 4 saturated heterocycles. The van der Waals surface area contributed by atoms with E-state index in [0.29, 0.717) is 11.1 Å². The van der Waals surface area contributed by atoms with Gasteiger partial charge in [0, 0.05) is 11.1 Å². The average Bonchev–Trinajstić information content (AvgIpc) is 4.15. The molecule has 8 rings (SSSR count). The zero-order valence-electron chi connectivity index (χ0n) is 40.4. The first kappa shape index (κ1) is 63.6. The number of hydrogen-bond donors (Lipinski definition) is 14. The molecule has 2 aliphatic carbocycles. The van der Waals surface area contributed by atoms with Crippen molar-refractivity contribution in [3.05, 3.63) is 58.7 Å². The number of carbonyl (C=O) groups is 3. The molecule has 0 bridgehead atoms. The first-order chi connectivity index (χ1) is 34.3. The summed E-state index contributed by atoms with van der Waals surface area (Å²) in [5.41, 5.74) is 0.729. The minimum absolute atomic E-state index is 0. The van der Waals surface area contributed by atoms with E-state index in [1.807, 2.05) is 20.8 Å². The number of rotatable bonds is 11. The zero-order valence-corrected chi connectivity index (χ0v) is 40.4. The van der Waals surface area contributed by atoms with Gasteiger partial charge in [-0.3, -0.25) is 14.4 Å². The second-order valence-electron chi connectivity index (χ2n) is 19.8. The first-order valence-electron chi connectivity index (χ1n) is 23.3. The smallest absolute Gasteiger partial charge is 0.247 e. The number of Topliss-reactive ketones (excluding diaryl/α,β-unsaturated/α-hetero) is 1. The molecule has 2 aromatic rings. The molecule has 0 aromatic heterocycles. The van der Waals surface area contributed by atoms with Crippen molar-refractivity contribution in [3.8, 4) is 23.0 Å². The van der Waals surface area contributed by atoms with Crippen molar-refractivity contribution in [2.45, 2.75) is 186 Å². The fourth-order valence-electron chi connectivity index (χ4n) is 9.31. The SMILES string of the molecule is C.C.C.C/C(=C\c1ccc(O[C@@H]2OC(C(C)(C)C)[C@@H](O)[C@@H]2O)c(O)c1)C(=O)N[C@@H]1[C@H](O)[C@@H](O)[C@H]2OCO[C@H]2[C@@H]1O.CC(=O)[C@H]1O[C@@H](Oc2ccc(/C=C(\C)C(=O)N[C@@H]3[C@H](O)[C@@H](O)[C@H]4OCO[C@H]4[C@@H]3O)cc2O)[C@@H](O)[C@@H]1O. The topological polar surface area (TPSA) is 392 Å². The van der Waals surface area contributed by atoms with Crippen LogP contribution in [0.1, 0.15) is 74.9 Å². The number of carbonyl (C=O) groups excluding carboxylic acids is 3. The number of nitrogens with one attached hydrogen (secondary N) is 2. The van der Waals surface area contributed by atoms with Crippen LogP contribution >= 0.6 is 0 Å². The quantitative estimate of drug-likeness (QED) is 0.113. The number of hydrogen-bond acceptors (Lipinski definition) is 23. The molecule has 14 N–H and O–H groups in total. The molecule has 76 heavy (non-hydrogen) atoms. The molecule has 2 saturated carbocycles. The van der Waals surface area contributed by atoms with Gasteiger partial charge in [0.25, 0.3) is 0 Å².